The van der Waals surface area contributed by atoms with Crippen molar-refractivity contribution in [3.05, 3.63) is 23.8 Å². The lowest BCUT2D eigenvalue weighted by Gasteiger charge is -2.62. The van der Waals surface area contributed by atoms with Gasteiger partial charge >= 0.3 is 11.9 Å². The zero-order valence-electron chi connectivity index (χ0n) is 19.8. The number of rotatable bonds is 4. The van der Waals surface area contributed by atoms with Crippen LogP contribution in [0.25, 0.3) is 0 Å². The van der Waals surface area contributed by atoms with Crippen molar-refractivity contribution in [2.45, 2.75) is 76.9 Å². The maximum absolute atomic E-state index is 17.2. The van der Waals surface area contributed by atoms with Crippen LogP contribution in [0.15, 0.2) is 23.8 Å². The van der Waals surface area contributed by atoms with Gasteiger partial charge in [0.15, 0.2) is 23.7 Å². The zero-order valence-corrected chi connectivity index (χ0v) is 19.8. The van der Waals surface area contributed by atoms with E-state index in [1.54, 1.807) is 13.8 Å². The summed E-state index contributed by atoms with van der Waals surface area (Å²) in [5.41, 5.74) is -6.42. The molecule has 2 N–H and O–H groups in total. The third-order valence-electron chi connectivity index (χ3n) is 8.98. The molecular formula is C25H31FO8. The molecule has 9 heteroatoms. The van der Waals surface area contributed by atoms with Gasteiger partial charge in [0.2, 0.25) is 5.78 Å². The number of aliphatic hydroxyl groups is 2. The van der Waals surface area contributed by atoms with E-state index in [-0.39, 0.29) is 25.0 Å². The first kappa shape index (κ1) is 24.7. The van der Waals surface area contributed by atoms with Crippen LogP contribution in [0.1, 0.15) is 53.4 Å². The van der Waals surface area contributed by atoms with Gasteiger partial charge in [0.1, 0.15) is 6.10 Å². The SMILES string of the molecule is CC(=O)OCC(=O)[C@@]1(O)[C@H](OC(C)=O)C[C@H]2[C@@H]3CCC4=CC(=O)C=C[C@@]4(C)[C@@]3(F)[C@@H](O)C[C@@]21C. The van der Waals surface area contributed by atoms with Gasteiger partial charge in [0, 0.05) is 30.6 Å². The highest BCUT2D eigenvalue weighted by atomic mass is 19.1. The van der Waals surface area contributed by atoms with E-state index >= 15 is 4.39 Å². The van der Waals surface area contributed by atoms with Crippen molar-refractivity contribution in [2.24, 2.45) is 22.7 Å². The molecule has 8 nitrogen and oxygen atoms in total. The van der Waals surface area contributed by atoms with Crippen LogP contribution >= 0.6 is 0 Å². The van der Waals surface area contributed by atoms with Crippen molar-refractivity contribution in [3.8, 4) is 0 Å². The molecule has 0 aromatic carbocycles. The molecule has 0 aromatic rings. The minimum Gasteiger partial charge on any atom is -0.459 e. The van der Waals surface area contributed by atoms with E-state index < -0.39 is 70.5 Å². The Labute approximate surface area is 197 Å². The number of hydrogen-bond acceptors (Lipinski definition) is 8. The number of ether oxygens (including phenoxy) is 2. The largest absolute Gasteiger partial charge is 0.459 e. The summed E-state index contributed by atoms with van der Waals surface area (Å²) in [5.74, 6) is -3.93. The van der Waals surface area contributed by atoms with Crippen LogP contribution in [-0.2, 0) is 28.7 Å². The van der Waals surface area contributed by atoms with Gasteiger partial charge < -0.3 is 19.7 Å². The number of fused-ring (bicyclic) bond motifs is 5. The van der Waals surface area contributed by atoms with E-state index in [4.69, 9.17) is 9.47 Å². The maximum atomic E-state index is 17.2. The molecule has 4 rings (SSSR count). The van der Waals surface area contributed by atoms with Crippen LogP contribution in [0.5, 0.6) is 0 Å². The van der Waals surface area contributed by atoms with Crippen molar-refractivity contribution in [3.63, 3.8) is 0 Å². The molecule has 0 unspecified atom stereocenters. The van der Waals surface area contributed by atoms with E-state index in [1.807, 2.05) is 0 Å². The number of carbonyl (C=O) groups excluding carboxylic acids is 4. The molecule has 0 aliphatic heterocycles. The Morgan fingerprint density at radius 1 is 1.18 bits per heavy atom. The van der Waals surface area contributed by atoms with Crippen LogP contribution in [0, 0.1) is 22.7 Å². The number of carbonyl (C=O) groups is 4. The molecule has 4 aliphatic carbocycles. The zero-order chi connectivity index (χ0) is 25.3. The minimum absolute atomic E-state index is 0.0131. The number of esters is 2. The number of alkyl halides is 1. The lowest BCUT2D eigenvalue weighted by molar-refractivity contribution is -0.224. The highest BCUT2D eigenvalue weighted by molar-refractivity contribution is 6.01. The standard InChI is InChI=1S/C25H31FO8/c1-13(27)33-12-20(31)25(32)21(34-14(2)28)10-18-17-6-5-15-9-16(29)7-8-22(15,3)24(17,26)19(30)11-23(18,25)4/h7-9,17-19,21,30,32H,5-6,10-12H2,1-4H3/t17-,18-,19-,21+,22+,23-,24-,25+/m0/s1. The molecule has 0 aromatic heterocycles. The highest BCUT2D eigenvalue weighted by Crippen LogP contribution is 2.70. The van der Waals surface area contributed by atoms with Crippen molar-refractivity contribution >= 4 is 23.5 Å². The van der Waals surface area contributed by atoms with Gasteiger partial charge in [0.05, 0.1) is 6.10 Å². The topological polar surface area (TPSA) is 127 Å². The number of aliphatic hydroxyl groups excluding tert-OH is 1. The Morgan fingerprint density at radius 2 is 1.85 bits per heavy atom. The smallest absolute Gasteiger partial charge is 0.303 e. The van der Waals surface area contributed by atoms with Gasteiger partial charge in [0.25, 0.3) is 0 Å². The summed E-state index contributed by atoms with van der Waals surface area (Å²) in [7, 11) is 0. The van der Waals surface area contributed by atoms with Crippen LogP contribution < -0.4 is 0 Å². The normalized spacial score (nSPS) is 44.9. The van der Waals surface area contributed by atoms with Crippen molar-refractivity contribution in [1.29, 1.82) is 0 Å². The fourth-order valence-electron chi connectivity index (χ4n) is 7.31. The van der Waals surface area contributed by atoms with Gasteiger partial charge in [-0.1, -0.05) is 18.6 Å². The van der Waals surface area contributed by atoms with Crippen molar-refractivity contribution < 1.29 is 43.3 Å². The summed E-state index contributed by atoms with van der Waals surface area (Å²) in [4.78, 5) is 48.4. The molecular weight excluding hydrogens is 447 g/mol. The van der Waals surface area contributed by atoms with Crippen LogP contribution in [0.3, 0.4) is 0 Å². The number of Topliss-reactive ketones (excluding diaryl/α,β-unsaturated/α-hetero) is 1. The summed E-state index contributed by atoms with van der Waals surface area (Å²) >= 11 is 0. The number of allylic oxidation sites excluding steroid dienone is 4. The third-order valence-corrected chi connectivity index (χ3v) is 8.98. The molecule has 0 amide bonds. The Morgan fingerprint density at radius 3 is 2.47 bits per heavy atom. The first-order valence-electron chi connectivity index (χ1n) is 11.6. The predicted molar refractivity (Wildman–Crippen MR) is 116 cm³/mol. The maximum Gasteiger partial charge on any atom is 0.303 e. The molecule has 8 atom stereocenters. The molecule has 0 spiro atoms. The minimum atomic E-state index is -2.28. The first-order valence-corrected chi connectivity index (χ1v) is 11.6. The second kappa shape index (κ2) is 7.81. The predicted octanol–water partition coefficient (Wildman–Crippen LogP) is 1.76. The fraction of sp³-hybridized carbons (Fsp3) is 0.680. The van der Waals surface area contributed by atoms with E-state index in [9.17, 15) is 29.4 Å². The molecule has 0 saturated heterocycles. The Balaban J connectivity index is 1.80. The van der Waals surface area contributed by atoms with E-state index in [0.717, 1.165) is 13.8 Å². The number of hydrogen-bond donors (Lipinski definition) is 2. The van der Waals surface area contributed by atoms with E-state index in [1.165, 1.54) is 18.2 Å². The van der Waals surface area contributed by atoms with Gasteiger partial charge in [-0.15, -0.1) is 0 Å². The molecule has 34 heavy (non-hydrogen) atoms. The second-order valence-electron chi connectivity index (χ2n) is 10.6. The number of ketones is 2. The lowest BCUT2D eigenvalue weighted by Crippen LogP contribution is -2.70. The lowest BCUT2D eigenvalue weighted by atomic mass is 9.44. The Kier molecular flexibility index (Phi) is 5.68. The molecule has 3 fully saturated rings. The summed E-state index contributed by atoms with van der Waals surface area (Å²) in [6.07, 6.45) is 1.82. The summed E-state index contributed by atoms with van der Waals surface area (Å²) in [5, 5.41) is 23.1. The van der Waals surface area contributed by atoms with Crippen molar-refractivity contribution in [1.82, 2.24) is 0 Å². The molecule has 0 radical (unpaired) electrons. The second-order valence-corrected chi connectivity index (χ2v) is 10.6. The molecule has 186 valence electrons. The van der Waals surface area contributed by atoms with E-state index in [0.29, 0.717) is 12.0 Å². The molecule has 0 bridgehead atoms. The monoisotopic (exact) mass is 478 g/mol. The fourth-order valence-corrected chi connectivity index (χ4v) is 7.31. The highest BCUT2D eigenvalue weighted by Gasteiger charge is 2.77. The van der Waals surface area contributed by atoms with Crippen LogP contribution in [0.2, 0.25) is 0 Å². The Hall–Kier alpha value is -2.39. The van der Waals surface area contributed by atoms with Gasteiger partial charge in [-0.2, -0.15) is 0 Å². The van der Waals surface area contributed by atoms with Crippen LogP contribution in [0.4, 0.5) is 4.39 Å². The summed E-state index contributed by atoms with van der Waals surface area (Å²) in [6, 6.07) is 0. The Bertz CT molecular complexity index is 1020. The summed E-state index contributed by atoms with van der Waals surface area (Å²) in [6.45, 7) is 4.80. The third kappa shape index (κ3) is 3.09. The van der Waals surface area contributed by atoms with Crippen molar-refractivity contribution in [2.75, 3.05) is 6.61 Å². The summed E-state index contributed by atoms with van der Waals surface area (Å²) < 4.78 is 27.4. The molecule has 3 saturated carbocycles. The average Bonchev–Trinajstić information content (AvgIpc) is 2.95. The molecule has 4 aliphatic rings. The average molecular weight is 479 g/mol. The van der Waals surface area contributed by atoms with Gasteiger partial charge in [-0.3, -0.25) is 19.2 Å². The quantitative estimate of drug-likeness (QED) is 0.586. The van der Waals surface area contributed by atoms with Gasteiger partial charge in [-0.05, 0) is 50.7 Å². The van der Waals surface area contributed by atoms with Crippen LogP contribution in [-0.4, -0.2) is 63.8 Å². The van der Waals surface area contributed by atoms with Gasteiger partial charge in [-0.25, -0.2) is 4.39 Å². The first-order chi connectivity index (χ1) is 15.7. The number of halogens is 1. The molecule has 0 heterocycles. The van der Waals surface area contributed by atoms with E-state index in [2.05, 4.69) is 0 Å².